The van der Waals surface area contributed by atoms with Gasteiger partial charge in [-0.15, -0.1) is 0 Å². The highest BCUT2D eigenvalue weighted by Gasteiger charge is 2.39. The Labute approximate surface area is 302 Å². The summed E-state index contributed by atoms with van der Waals surface area (Å²) in [5.74, 6) is -13.9. The van der Waals surface area contributed by atoms with Crippen LogP contribution in [-0.4, -0.2) is 0 Å². The van der Waals surface area contributed by atoms with Crippen molar-refractivity contribution in [2.24, 2.45) is 35.5 Å². The van der Waals surface area contributed by atoms with Crippen LogP contribution in [0.2, 0.25) is 0 Å². The van der Waals surface area contributed by atoms with E-state index in [2.05, 4.69) is 12.2 Å². The molecule has 0 N–H and O–H groups in total. The average Bonchev–Trinajstić information content (AvgIpc) is 3.98. The molecule has 276 valence electrons. The molecule has 0 heterocycles. The van der Waals surface area contributed by atoms with E-state index in [0.717, 1.165) is 25.7 Å². The second kappa shape index (κ2) is 13.4. The van der Waals surface area contributed by atoms with E-state index < -0.39 is 74.6 Å². The first-order valence-electron chi connectivity index (χ1n) is 17.9. The molecule has 0 aliphatic heterocycles. The van der Waals surface area contributed by atoms with Crippen molar-refractivity contribution in [3.8, 4) is 23.0 Å². The zero-order valence-electron chi connectivity index (χ0n) is 29.0. The quantitative estimate of drug-likeness (QED) is 0.0917. The topological polar surface area (TPSA) is 18.5 Å². The fourth-order valence-corrected chi connectivity index (χ4v) is 8.92. The summed E-state index contributed by atoms with van der Waals surface area (Å²) < 4.78 is 131. The number of rotatable bonds is 10. The average molecular weight is 737 g/mol. The molecule has 2 nitrogen and oxygen atoms in total. The van der Waals surface area contributed by atoms with Gasteiger partial charge in [0, 0.05) is 16.5 Å². The zero-order chi connectivity index (χ0) is 37.3. The van der Waals surface area contributed by atoms with Crippen LogP contribution in [0.3, 0.4) is 0 Å². The smallest absolute Gasteiger partial charge is 0.204 e. The predicted octanol–water partition coefficient (Wildman–Crippen LogP) is 12.2. The predicted molar refractivity (Wildman–Crippen MR) is 183 cm³/mol. The highest BCUT2D eigenvalue weighted by molar-refractivity contribution is 5.45. The van der Waals surface area contributed by atoms with Gasteiger partial charge in [0.25, 0.3) is 0 Å². The molecular weight excluding hydrogens is 700 g/mol. The van der Waals surface area contributed by atoms with E-state index in [0.29, 0.717) is 23.0 Å². The standard InChI is InChI=1S/C43H36F8O2/c1-43(2,27-7-11-29(12-8-27)52-41-37(48)33(44)31(34(45)38(41)49)19-25-17-21-3-5-23(25)15-21)28-9-13-30(14-10-28)53-42-39(50)35(46)32(36(47)40(42)51)20-26-18-22-4-6-24(26)16-22/h3-14,21-26H,15-20H2,1-2H3. The van der Waals surface area contributed by atoms with Gasteiger partial charge in [0.05, 0.1) is 0 Å². The minimum atomic E-state index is -1.60. The Balaban J connectivity index is 0.955. The number of benzene rings is 4. The van der Waals surface area contributed by atoms with Crippen LogP contribution in [0.5, 0.6) is 23.0 Å². The molecule has 10 heteroatoms. The van der Waals surface area contributed by atoms with Crippen LogP contribution >= 0.6 is 0 Å². The minimum Gasteiger partial charge on any atom is -0.451 e. The van der Waals surface area contributed by atoms with E-state index >= 15 is 35.1 Å². The van der Waals surface area contributed by atoms with Crippen LogP contribution < -0.4 is 9.47 Å². The summed E-state index contributed by atoms with van der Waals surface area (Å²) in [5, 5.41) is 0. The molecule has 0 amide bonds. The first-order chi connectivity index (χ1) is 25.3. The SMILES string of the molecule is CC(C)(c1ccc(Oc2c(F)c(F)c(CC3CC4C=CC3C4)c(F)c2F)cc1)c1ccc(Oc2c(F)c(F)c(CC3CC4C=CC3C4)c(F)c2F)cc1. The molecule has 4 aliphatic carbocycles. The zero-order valence-corrected chi connectivity index (χ0v) is 29.0. The lowest BCUT2D eigenvalue weighted by atomic mass is 9.78. The van der Waals surface area contributed by atoms with Crippen molar-refractivity contribution < 1.29 is 44.6 Å². The van der Waals surface area contributed by atoms with E-state index in [1.165, 1.54) is 24.3 Å². The van der Waals surface area contributed by atoms with Gasteiger partial charge in [-0.3, -0.25) is 0 Å². The first kappa shape index (κ1) is 35.4. The number of allylic oxidation sites excluding steroid dienone is 4. The van der Waals surface area contributed by atoms with Gasteiger partial charge in [-0.05, 0) is 109 Å². The Hall–Kier alpha value is -4.60. The van der Waals surface area contributed by atoms with E-state index in [-0.39, 0.29) is 48.0 Å². The summed E-state index contributed by atoms with van der Waals surface area (Å²) in [4.78, 5) is 0. The second-order valence-electron chi connectivity index (χ2n) is 15.5. The highest BCUT2D eigenvalue weighted by Crippen LogP contribution is 2.47. The van der Waals surface area contributed by atoms with Crippen LogP contribution in [0.4, 0.5) is 35.1 Å². The third-order valence-corrected chi connectivity index (χ3v) is 12.0. The minimum absolute atomic E-state index is 0.0577. The fraction of sp³-hybridized carbons (Fsp3) is 0.349. The summed E-state index contributed by atoms with van der Waals surface area (Å²) >= 11 is 0. The van der Waals surface area contributed by atoms with Gasteiger partial charge >= 0.3 is 0 Å². The molecule has 4 aromatic carbocycles. The maximum atomic E-state index is 15.1. The van der Waals surface area contributed by atoms with Gasteiger partial charge in [0.2, 0.25) is 34.8 Å². The van der Waals surface area contributed by atoms with Crippen LogP contribution in [0.15, 0.2) is 72.8 Å². The van der Waals surface area contributed by atoms with E-state index in [1.807, 2.05) is 26.0 Å². The molecule has 2 fully saturated rings. The lowest BCUT2D eigenvalue weighted by Gasteiger charge is -2.26. The van der Waals surface area contributed by atoms with Crippen molar-refractivity contribution in [1.29, 1.82) is 0 Å². The first-order valence-corrected chi connectivity index (χ1v) is 17.9. The molecule has 6 atom stereocenters. The molecule has 0 aromatic heterocycles. The summed E-state index contributed by atoms with van der Waals surface area (Å²) in [7, 11) is 0. The highest BCUT2D eigenvalue weighted by atomic mass is 19.2. The van der Waals surface area contributed by atoms with Gasteiger partial charge in [-0.2, -0.15) is 17.6 Å². The van der Waals surface area contributed by atoms with Crippen molar-refractivity contribution >= 4 is 0 Å². The van der Waals surface area contributed by atoms with Crippen molar-refractivity contribution in [3.63, 3.8) is 0 Å². The van der Waals surface area contributed by atoms with Crippen molar-refractivity contribution in [3.05, 3.63) is 142 Å². The van der Waals surface area contributed by atoms with Gasteiger partial charge < -0.3 is 9.47 Å². The second-order valence-corrected chi connectivity index (χ2v) is 15.5. The molecule has 0 spiro atoms. The number of hydrogen-bond acceptors (Lipinski definition) is 2. The normalized spacial score (nSPS) is 24.1. The summed E-state index contributed by atoms with van der Waals surface area (Å²) in [6.07, 6.45) is 11.1. The molecule has 0 saturated heterocycles. The number of fused-ring (bicyclic) bond motifs is 4. The summed E-state index contributed by atoms with van der Waals surface area (Å²) in [5.41, 5.74) is -0.533. The van der Waals surface area contributed by atoms with Crippen LogP contribution in [0, 0.1) is 82.0 Å². The third-order valence-electron chi connectivity index (χ3n) is 12.0. The largest absolute Gasteiger partial charge is 0.451 e. The van der Waals surface area contributed by atoms with Gasteiger partial charge in [0.15, 0.2) is 23.3 Å². The Kier molecular flexibility index (Phi) is 8.93. The number of hydrogen-bond donors (Lipinski definition) is 0. The van der Waals surface area contributed by atoms with Crippen LogP contribution in [0.25, 0.3) is 0 Å². The molecular formula is C43H36F8O2. The third kappa shape index (κ3) is 6.21. The Bertz CT molecular complexity index is 1930. The van der Waals surface area contributed by atoms with Crippen molar-refractivity contribution in [2.75, 3.05) is 0 Å². The van der Waals surface area contributed by atoms with Gasteiger partial charge in [-0.25, -0.2) is 17.6 Å². The Morgan fingerprint density at radius 1 is 0.472 bits per heavy atom. The summed E-state index contributed by atoms with van der Waals surface area (Å²) in [6, 6.07) is 12.1. The monoisotopic (exact) mass is 736 g/mol. The maximum absolute atomic E-state index is 15.1. The van der Waals surface area contributed by atoms with E-state index in [4.69, 9.17) is 9.47 Å². The van der Waals surface area contributed by atoms with Gasteiger partial charge in [-0.1, -0.05) is 62.4 Å². The van der Waals surface area contributed by atoms with Gasteiger partial charge in [0.1, 0.15) is 11.5 Å². The van der Waals surface area contributed by atoms with Crippen molar-refractivity contribution in [2.45, 2.75) is 57.8 Å². The molecule has 6 unspecified atom stereocenters. The fourth-order valence-electron chi connectivity index (χ4n) is 8.92. The van der Waals surface area contributed by atoms with Crippen molar-refractivity contribution in [1.82, 2.24) is 0 Å². The number of ether oxygens (including phenoxy) is 2. The maximum Gasteiger partial charge on any atom is 0.204 e. The Morgan fingerprint density at radius 2 is 0.811 bits per heavy atom. The molecule has 2 saturated carbocycles. The Morgan fingerprint density at radius 3 is 1.09 bits per heavy atom. The van der Waals surface area contributed by atoms with Crippen LogP contribution in [0.1, 0.15) is 61.8 Å². The molecule has 8 rings (SSSR count). The van der Waals surface area contributed by atoms with Crippen LogP contribution in [-0.2, 0) is 18.3 Å². The molecule has 4 bridgehead atoms. The molecule has 0 radical (unpaired) electrons. The van der Waals surface area contributed by atoms with E-state index in [1.54, 1.807) is 24.3 Å². The molecule has 53 heavy (non-hydrogen) atoms. The molecule has 4 aromatic rings. The van der Waals surface area contributed by atoms with E-state index in [9.17, 15) is 0 Å². The molecule has 4 aliphatic rings. The number of halogens is 8. The lowest BCUT2D eigenvalue weighted by Crippen LogP contribution is -2.18. The lowest BCUT2D eigenvalue weighted by molar-refractivity contribution is 0.349. The summed E-state index contributed by atoms with van der Waals surface area (Å²) in [6.45, 7) is 3.73.